The second-order valence-corrected chi connectivity index (χ2v) is 11.1. The lowest BCUT2D eigenvalue weighted by Gasteiger charge is -2.24. The zero-order valence-corrected chi connectivity index (χ0v) is 19.9. The third-order valence-corrected chi connectivity index (χ3v) is 6.33. The topological polar surface area (TPSA) is 66.5 Å². The highest BCUT2D eigenvalue weighted by Gasteiger charge is 2.22. The Bertz CT molecular complexity index is 957. The third-order valence-electron chi connectivity index (χ3n) is 5.19. The van der Waals surface area contributed by atoms with E-state index in [9.17, 15) is 13.2 Å². The maximum absolute atomic E-state index is 12.6. The highest BCUT2D eigenvalue weighted by molar-refractivity contribution is 7.92. The molecular formula is C24H34N2O3S. The standard InChI is InChI=1S/C24H34N2O3S/c1-17(2)19-10-14-22(15-11-19)26(30(7,28)29)16-23(27)25-18(3)20-8-12-21(13-9-20)24(4,5)6/h8-15,17-18H,16H2,1-7H3,(H,25,27)/t18-/m1/s1. The number of hydrogen-bond donors (Lipinski definition) is 1. The van der Waals surface area contributed by atoms with E-state index in [0.717, 1.165) is 21.7 Å². The molecular weight excluding hydrogens is 396 g/mol. The van der Waals surface area contributed by atoms with Gasteiger partial charge in [0.1, 0.15) is 6.54 Å². The molecule has 1 N–H and O–H groups in total. The molecule has 6 heteroatoms. The first-order chi connectivity index (χ1) is 13.8. The quantitative estimate of drug-likeness (QED) is 0.689. The number of hydrogen-bond acceptors (Lipinski definition) is 3. The number of nitrogens with zero attached hydrogens (tertiary/aromatic N) is 1. The van der Waals surface area contributed by atoms with E-state index in [0.29, 0.717) is 11.6 Å². The largest absolute Gasteiger partial charge is 0.348 e. The van der Waals surface area contributed by atoms with E-state index in [1.165, 1.54) is 5.56 Å². The number of carbonyl (C=O) groups is 1. The second kappa shape index (κ2) is 9.21. The van der Waals surface area contributed by atoms with Crippen LogP contribution in [0.5, 0.6) is 0 Å². The third kappa shape index (κ3) is 6.33. The summed E-state index contributed by atoms with van der Waals surface area (Å²) in [5.41, 5.74) is 3.86. The van der Waals surface area contributed by atoms with E-state index in [2.05, 4.69) is 52.1 Å². The van der Waals surface area contributed by atoms with E-state index in [1.54, 1.807) is 12.1 Å². The van der Waals surface area contributed by atoms with Crippen molar-refractivity contribution in [2.45, 2.75) is 58.9 Å². The van der Waals surface area contributed by atoms with Crippen molar-refractivity contribution in [1.82, 2.24) is 5.32 Å². The Hall–Kier alpha value is -2.34. The van der Waals surface area contributed by atoms with Crippen LogP contribution in [-0.2, 0) is 20.2 Å². The van der Waals surface area contributed by atoms with Crippen molar-refractivity contribution in [3.63, 3.8) is 0 Å². The molecule has 0 radical (unpaired) electrons. The van der Waals surface area contributed by atoms with Gasteiger partial charge in [0.25, 0.3) is 0 Å². The van der Waals surface area contributed by atoms with Gasteiger partial charge in [0.15, 0.2) is 0 Å². The molecule has 2 rings (SSSR count). The van der Waals surface area contributed by atoms with Crippen molar-refractivity contribution < 1.29 is 13.2 Å². The zero-order chi connectivity index (χ0) is 22.7. The highest BCUT2D eigenvalue weighted by atomic mass is 32.2. The summed E-state index contributed by atoms with van der Waals surface area (Å²) in [6.07, 6.45) is 1.12. The molecule has 0 saturated heterocycles. The van der Waals surface area contributed by atoms with Crippen LogP contribution in [0.25, 0.3) is 0 Å². The molecule has 0 unspecified atom stereocenters. The lowest BCUT2D eigenvalue weighted by molar-refractivity contribution is -0.120. The average Bonchev–Trinajstić information content (AvgIpc) is 2.64. The first-order valence-electron chi connectivity index (χ1n) is 10.3. The molecule has 0 heterocycles. The van der Waals surface area contributed by atoms with Crippen LogP contribution in [0.2, 0.25) is 0 Å². The average molecular weight is 431 g/mol. The molecule has 0 bridgehead atoms. The fraction of sp³-hybridized carbons (Fsp3) is 0.458. The zero-order valence-electron chi connectivity index (χ0n) is 19.1. The molecule has 0 fully saturated rings. The summed E-state index contributed by atoms with van der Waals surface area (Å²) in [4.78, 5) is 12.6. The number of carbonyl (C=O) groups excluding carboxylic acids is 1. The fourth-order valence-electron chi connectivity index (χ4n) is 3.20. The first-order valence-corrected chi connectivity index (χ1v) is 12.1. The maximum Gasteiger partial charge on any atom is 0.241 e. The van der Waals surface area contributed by atoms with Gasteiger partial charge in [-0.2, -0.15) is 0 Å². The van der Waals surface area contributed by atoms with Gasteiger partial charge in [0.05, 0.1) is 18.0 Å². The molecule has 164 valence electrons. The molecule has 5 nitrogen and oxygen atoms in total. The monoisotopic (exact) mass is 430 g/mol. The van der Waals surface area contributed by atoms with Crippen molar-refractivity contribution in [3.8, 4) is 0 Å². The smallest absolute Gasteiger partial charge is 0.241 e. The van der Waals surface area contributed by atoms with Crippen LogP contribution in [-0.4, -0.2) is 27.1 Å². The van der Waals surface area contributed by atoms with E-state index in [1.807, 2.05) is 31.2 Å². The maximum atomic E-state index is 12.6. The molecule has 0 aliphatic carbocycles. The van der Waals surface area contributed by atoms with Gasteiger partial charge in [-0.25, -0.2) is 8.42 Å². The van der Waals surface area contributed by atoms with Crippen molar-refractivity contribution >= 4 is 21.6 Å². The van der Waals surface area contributed by atoms with E-state index < -0.39 is 10.0 Å². The van der Waals surface area contributed by atoms with Crippen LogP contribution in [0.15, 0.2) is 48.5 Å². The molecule has 2 aromatic carbocycles. The summed E-state index contributed by atoms with van der Waals surface area (Å²) in [6.45, 7) is 12.2. The van der Waals surface area contributed by atoms with Gasteiger partial charge >= 0.3 is 0 Å². The van der Waals surface area contributed by atoms with Gasteiger partial charge in [-0.15, -0.1) is 0 Å². The lowest BCUT2D eigenvalue weighted by atomic mass is 9.86. The summed E-state index contributed by atoms with van der Waals surface area (Å²) in [7, 11) is -3.60. The molecule has 2 aromatic rings. The van der Waals surface area contributed by atoms with Gasteiger partial charge in [-0.3, -0.25) is 9.10 Å². The predicted octanol–water partition coefficient (Wildman–Crippen LogP) is 4.75. The Kier molecular flexibility index (Phi) is 7.35. The number of nitrogens with one attached hydrogen (secondary N) is 1. The van der Waals surface area contributed by atoms with E-state index >= 15 is 0 Å². The molecule has 0 spiro atoms. The SMILES string of the molecule is CC(C)c1ccc(N(CC(=O)N[C@H](C)c2ccc(C(C)(C)C)cc2)S(C)(=O)=O)cc1. The van der Waals surface area contributed by atoms with Crippen LogP contribution in [0, 0.1) is 0 Å². The molecule has 1 atom stereocenters. The number of benzene rings is 2. The van der Waals surface area contributed by atoms with Crippen LogP contribution < -0.4 is 9.62 Å². The van der Waals surface area contributed by atoms with Crippen LogP contribution in [0.4, 0.5) is 5.69 Å². The normalized spacial score (nSPS) is 13.2. The Balaban J connectivity index is 2.12. The van der Waals surface area contributed by atoms with Crippen LogP contribution in [0.3, 0.4) is 0 Å². The lowest BCUT2D eigenvalue weighted by Crippen LogP contribution is -2.41. The molecule has 0 aromatic heterocycles. The van der Waals surface area contributed by atoms with Gasteiger partial charge in [0, 0.05) is 0 Å². The summed E-state index contributed by atoms with van der Waals surface area (Å²) in [5.74, 6) is 0.000289. The molecule has 30 heavy (non-hydrogen) atoms. The van der Waals surface area contributed by atoms with Crippen molar-refractivity contribution in [2.75, 3.05) is 17.1 Å². The Morgan fingerprint density at radius 3 is 1.87 bits per heavy atom. The summed E-state index contributed by atoms with van der Waals surface area (Å²) >= 11 is 0. The first kappa shape index (κ1) is 23.9. The van der Waals surface area contributed by atoms with Crippen molar-refractivity contribution in [2.24, 2.45) is 0 Å². The predicted molar refractivity (Wildman–Crippen MR) is 124 cm³/mol. The highest BCUT2D eigenvalue weighted by Crippen LogP contribution is 2.24. The van der Waals surface area contributed by atoms with Crippen molar-refractivity contribution in [3.05, 3.63) is 65.2 Å². The Morgan fingerprint density at radius 1 is 0.933 bits per heavy atom. The number of rotatable bonds is 7. The number of anilines is 1. The molecule has 0 saturated carbocycles. The summed E-state index contributed by atoms with van der Waals surface area (Å²) < 4.78 is 25.8. The Labute approximate surface area is 181 Å². The minimum absolute atomic E-state index is 0.0616. The van der Waals surface area contributed by atoms with E-state index in [-0.39, 0.29) is 23.9 Å². The second-order valence-electron chi connectivity index (χ2n) is 9.18. The minimum Gasteiger partial charge on any atom is -0.348 e. The van der Waals surface area contributed by atoms with E-state index in [4.69, 9.17) is 0 Å². The molecule has 1 amide bonds. The fourth-order valence-corrected chi connectivity index (χ4v) is 4.05. The van der Waals surface area contributed by atoms with Gasteiger partial charge in [-0.05, 0) is 47.1 Å². The summed E-state index contributed by atoms with van der Waals surface area (Å²) in [6, 6.07) is 15.2. The number of sulfonamides is 1. The van der Waals surface area contributed by atoms with Gasteiger partial charge < -0.3 is 5.32 Å². The minimum atomic E-state index is -3.60. The van der Waals surface area contributed by atoms with Gasteiger partial charge in [0.2, 0.25) is 15.9 Å². The molecule has 0 aliphatic heterocycles. The van der Waals surface area contributed by atoms with Crippen LogP contribution >= 0.6 is 0 Å². The van der Waals surface area contributed by atoms with Crippen LogP contribution in [0.1, 0.15) is 70.2 Å². The Morgan fingerprint density at radius 2 is 1.43 bits per heavy atom. The molecule has 0 aliphatic rings. The van der Waals surface area contributed by atoms with Gasteiger partial charge in [-0.1, -0.05) is 71.0 Å². The summed E-state index contributed by atoms with van der Waals surface area (Å²) in [5, 5.41) is 2.91. The number of amides is 1. The van der Waals surface area contributed by atoms with Crippen molar-refractivity contribution in [1.29, 1.82) is 0 Å².